The topological polar surface area (TPSA) is 129 Å². The number of likely N-dealkylation sites (N-methyl/N-ethyl adjacent to an activating group) is 1. The number of nitrogens with one attached hydrogen (secondary N) is 1. The molecule has 0 aliphatic carbocycles. The molecule has 1 aromatic rings. The van der Waals surface area contributed by atoms with Gasteiger partial charge in [0.25, 0.3) is 0 Å². The molecule has 0 bridgehead atoms. The zero-order chi connectivity index (χ0) is 31.9. The van der Waals surface area contributed by atoms with Crippen LogP contribution in [0.3, 0.4) is 0 Å². The number of benzene rings is 1. The summed E-state index contributed by atoms with van der Waals surface area (Å²) in [7, 11) is 0.866. The Morgan fingerprint density at radius 2 is 1.81 bits per heavy atom. The molecule has 5 atom stereocenters. The van der Waals surface area contributed by atoms with Crippen molar-refractivity contribution in [2.24, 2.45) is 11.8 Å². The van der Waals surface area contributed by atoms with Gasteiger partial charge in [-0.3, -0.25) is 9.52 Å². The van der Waals surface area contributed by atoms with E-state index in [0.29, 0.717) is 37.1 Å². The smallest absolute Gasteiger partial charge is 0.410 e. The van der Waals surface area contributed by atoms with Gasteiger partial charge in [0.2, 0.25) is 0 Å². The molecule has 3 rings (SSSR count). The number of piperazine rings is 1. The molecule has 1 fully saturated rings. The van der Waals surface area contributed by atoms with E-state index in [1.54, 1.807) is 17.9 Å². The average Bonchev–Trinajstić information content (AvgIpc) is 2.91. The summed E-state index contributed by atoms with van der Waals surface area (Å²) < 4.78 is 54.0. The number of cyclic esters (lactones) is 1. The second-order valence-corrected chi connectivity index (χ2v) is 13.6. The number of carbonyl (C=O) groups is 2. The molecule has 13 heteroatoms. The highest BCUT2D eigenvalue weighted by Gasteiger charge is 2.29. The third-order valence-electron chi connectivity index (χ3n) is 7.75. The van der Waals surface area contributed by atoms with Crippen molar-refractivity contribution < 1.29 is 37.0 Å². The van der Waals surface area contributed by atoms with Crippen molar-refractivity contribution in [3.8, 4) is 0 Å². The Hall–Kier alpha value is -3.00. The molecule has 1 aromatic carbocycles. The van der Waals surface area contributed by atoms with Gasteiger partial charge in [-0.25, -0.2) is 9.18 Å². The highest BCUT2D eigenvalue weighted by atomic mass is 32.2. The summed E-state index contributed by atoms with van der Waals surface area (Å²) in [4.78, 5) is 29.6. The summed E-state index contributed by atoms with van der Waals surface area (Å²) in [6.07, 6.45) is 3.28. The summed E-state index contributed by atoms with van der Waals surface area (Å²) in [5.41, 5.74) is 0.974. The lowest BCUT2D eigenvalue weighted by Gasteiger charge is -2.33. The number of halogens is 1. The highest BCUT2D eigenvalue weighted by Crippen LogP contribution is 2.27. The Balaban J connectivity index is 1.88. The first-order valence-electron chi connectivity index (χ1n) is 14.5. The number of hydrogen-bond donors (Lipinski definition) is 2. The quantitative estimate of drug-likeness (QED) is 0.364. The lowest BCUT2D eigenvalue weighted by molar-refractivity contribution is -0.151. The van der Waals surface area contributed by atoms with Crippen LogP contribution in [-0.2, 0) is 24.5 Å². The van der Waals surface area contributed by atoms with Gasteiger partial charge in [-0.2, -0.15) is 12.7 Å². The maximum atomic E-state index is 14.5. The van der Waals surface area contributed by atoms with E-state index in [1.807, 2.05) is 33.0 Å². The van der Waals surface area contributed by atoms with Crippen LogP contribution in [0.5, 0.6) is 0 Å². The van der Waals surface area contributed by atoms with Gasteiger partial charge in [0.1, 0.15) is 18.0 Å². The zero-order valence-corrected chi connectivity index (χ0v) is 26.6. The standard InChI is InChI=1S/C30H45FN4O7S/c1-20-7-9-26(36)19-28(37)42-29(21(2)8-10-27(20)41-30(38)35-13-11-34(6)12-14-35)22(3)15-23-16-24(31)18-25(17-23)32-43(39,40)33(4)5/h8,10,15-18,20-21,26-27,29,32,36H,7,9,11-14,19H2,1-6H3/b10-8+,22-15+/t20-,21-,26+,27-,29-/m0/s1. The molecule has 0 unspecified atom stereocenters. The number of ether oxygens (including phenoxy) is 2. The molecule has 2 N–H and O–H groups in total. The summed E-state index contributed by atoms with van der Waals surface area (Å²) in [6, 6.07) is 3.79. The molecule has 1 amide bonds. The molecule has 43 heavy (non-hydrogen) atoms. The normalized spacial score (nSPS) is 27.6. The van der Waals surface area contributed by atoms with E-state index in [-0.39, 0.29) is 30.0 Å². The number of rotatable bonds is 6. The Kier molecular flexibility index (Phi) is 12.1. The fourth-order valence-corrected chi connectivity index (χ4v) is 5.57. The van der Waals surface area contributed by atoms with Crippen molar-refractivity contribution >= 4 is 34.0 Å². The van der Waals surface area contributed by atoms with Crippen LogP contribution >= 0.6 is 0 Å². The first-order chi connectivity index (χ1) is 20.1. The maximum absolute atomic E-state index is 14.5. The predicted octanol–water partition coefficient (Wildman–Crippen LogP) is 3.48. The monoisotopic (exact) mass is 624 g/mol. The Morgan fingerprint density at radius 3 is 2.47 bits per heavy atom. The van der Waals surface area contributed by atoms with E-state index >= 15 is 0 Å². The first-order valence-corrected chi connectivity index (χ1v) is 16.0. The van der Waals surface area contributed by atoms with Gasteiger partial charge >= 0.3 is 22.3 Å². The molecule has 0 radical (unpaired) electrons. The van der Waals surface area contributed by atoms with Crippen molar-refractivity contribution in [1.29, 1.82) is 0 Å². The Bertz CT molecular complexity index is 1300. The van der Waals surface area contributed by atoms with Crippen LogP contribution in [-0.4, -0.2) is 105 Å². The minimum Gasteiger partial charge on any atom is -0.457 e. The molecule has 2 aliphatic rings. The molecule has 0 spiro atoms. The molecule has 1 saturated heterocycles. The SMILES string of the molecule is C/C(=C\c1cc(F)cc(NS(=O)(=O)N(C)C)c1)[C@H]1OC(=O)C[C@H](O)CC[C@H](C)[C@@H](OC(=O)N2CCN(C)CC2)/C=C/[C@@H]1C. The summed E-state index contributed by atoms with van der Waals surface area (Å²) in [5, 5.41) is 10.5. The van der Waals surface area contributed by atoms with E-state index in [1.165, 1.54) is 26.2 Å². The molecule has 2 aliphatic heterocycles. The van der Waals surface area contributed by atoms with E-state index in [2.05, 4.69) is 9.62 Å². The average molecular weight is 625 g/mol. The minimum atomic E-state index is -3.85. The van der Waals surface area contributed by atoms with Crippen LogP contribution < -0.4 is 4.72 Å². The predicted molar refractivity (Wildman–Crippen MR) is 163 cm³/mol. The minimum absolute atomic E-state index is 0.0403. The molecule has 2 heterocycles. The lowest BCUT2D eigenvalue weighted by Crippen LogP contribution is -2.48. The lowest BCUT2D eigenvalue weighted by atomic mass is 9.91. The van der Waals surface area contributed by atoms with Crippen molar-refractivity contribution in [3.63, 3.8) is 0 Å². The number of amides is 1. The summed E-state index contributed by atoms with van der Waals surface area (Å²) in [6.45, 7) is 8.21. The van der Waals surface area contributed by atoms with E-state index in [0.717, 1.165) is 23.5 Å². The van der Waals surface area contributed by atoms with Crippen LogP contribution in [0.4, 0.5) is 14.9 Å². The molecular weight excluding hydrogens is 579 g/mol. The van der Waals surface area contributed by atoms with E-state index in [9.17, 15) is 27.5 Å². The fraction of sp³-hybridized carbons (Fsp3) is 0.600. The van der Waals surface area contributed by atoms with E-state index < -0.39 is 40.3 Å². The van der Waals surface area contributed by atoms with Crippen molar-refractivity contribution in [1.82, 2.24) is 14.1 Å². The Labute approximate surface area is 254 Å². The van der Waals surface area contributed by atoms with Gasteiger partial charge < -0.3 is 24.4 Å². The van der Waals surface area contributed by atoms with E-state index in [4.69, 9.17) is 9.47 Å². The van der Waals surface area contributed by atoms with Crippen molar-refractivity contribution in [3.05, 3.63) is 47.3 Å². The van der Waals surface area contributed by atoms with Crippen molar-refractivity contribution in [2.45, 2.75) is 58.3 Å². The largest absolute Gasteiger partial charge is 0.457 e. The second kappa shape index (κ2) is 15.1. The Morgan fingerprint density at radius 1 is 1.14 bits per heavy atom. The van der Waals surface area contributed by atoms with Crippen molar-refractivity contribution in [2.75, 3.05) is 52.0 Å². The number of carbonyl (C=O) groups excluding carboxylic acids is 2. The highest BCUT2D eigenvalue weighted by molar-refractivity contribution is 7.90. The first kappa shape index (κ1) is 34.5. The van der Waals surface area contributed by atoms with Gasteiger partial charge in [0.05, 0.1) is 18.2 Å². The third-order valence-corrected chi connectivity index (χ3v) is 9.20. The van der Waals surface area contributed by atoms with Gasteiger partial charge in [-0.15, -0.1) is 0 Å². The van der Waals surface area contributed by atoms with Gasteiger partial charge in [0, 0.05) is 46.2 Å². The van der Waals surface area contributed by atoms with Gasteiger partial charge in [-0.1, -0.05) is 26.0 Å². The molecule has 11 nitrogen and oxygen atoms in total. The number of aliphatic hydroxyl groups excluding tert-OH is 1. The molecule has 240 valence electrons. The van der Waals surface area contributed by atoms with Gasteiger partial charge in [0.15, 0.2) is 0 Å². The second-order valence-electron chi connectivity index (χ2n) is 11.8. The van der Waals surface area contributed by atoms with Crippen LogP contribution in [0.15, 0.2) is 35.9 Å². The number of aliphatic hydroxyl groups is 1. The zero-order valence-electron chi connectivity index (χ0n) is 25.8. The van der Waals surface area contributed by atoms with Crippen LogP contribution in [0.1, 0.15) is 45.6 Å². The van der Waals surface area contributed by atoms with Gasteiger partial charge in [-0.05, 0) is 68.1 Å². The number of esters is 1. The summed E-state index contributed by atoms with van der Waals surface area (Å²) in [5.74, 6) is -1.72. The number of hydrogen-bond acceptors (Lipinski definition) is 8. The molecule has 0 saturated carbocycles. The van der Waals surface area contributed by atoms with Crippen LogP contribution in [0.2, 0.25) is 0 Å². The molecule has 0 aromatic heterocycles. The number of anilines is 1. The van der Waals surface area contributed by atoms with Crippen LogP contribution in [0, 0.1) is 17.7 Å². The summed E-state index contributed by atoms with van der Waals surface area (Å²) >= 11 is 0. The third kappa shape index (κ3) is 10.3. The number of nitrogens with zero attached hydrogens (tertiary/aromatic N) is 3. The maximum Gasteiger partial charge on any atom is 0.410 e. The fourth-order valence-electron chi connectivity index (χ4n) is 4.97. The van der Waals surface area contributed by atoms with Crippen LogP contribution in [0.25, 0.3) is 6.08 Å². The molecular formula is C30H45FN4O7S.